The van der Waals surface area contributed by atoms with E-state index in [9.17, 15) is 14.4 Å². The summed E-state index contributed by atoms with van der Waals surface area (Å²) in [5.41, 5.74) is 0.921. The Morgan fingerprint density at radius 1 is 1.11 bits per heavy atom. The lowest BCUT2D eigenvalue weighted by molar-refractivity contribution is -0.149. The molecule has 0 bridgehead atoms. The van der Waals surface area contributed by atoms with E-state index < -0.39 is 17.7 Å². The molecule has 4 nitrogen and oxygen atoms in total. The molecule has 0 saturated carbocycles. The molecule has 0 aliphatic carbocycles. The van der Waals surface area contributed by atoms with E-state index in [0.717, 1.165) is 0 Å². The predicted molar refractivity (Wildman–Crippen MR) is 66.1 cm³/mol. The van der Waals surface area contributed by atoms with Crippen LogP contribution in [0, 0.1) is 5.92 Å². The SMILES string of the molecule is CC(C)C(=O)N1C(=O)C=C(c2ccccc2)C1=O. The fourth-order valence-electron chi connectivity index (χ4n) is 1.76. The van der Waals surface area contributed by atoms with Crippen molar-refractivity contribution in [2.45, 2.75) is 13.8 Å². The van der Waals surface area contributed by atoms with Crippen LogP contribution >= 0.6 is 0 Å². The normalized spacial score (nSPS) is 15.3. The molecule has 2 rings (SSSR count). The van der Waals surface area contributed by atoms with Crippen molar-refractivity contribution in [3.8, 4) is 0 Å². The lowest BCUT2D eigenvalue weighted by atomic mass is 10.1. The van der Waals surface area contributed by atoms with E-state index in [1.54, 1.807) is 38.1 Å². The Bertz CT molecular complexity index is 543. The number of rotatable bonds is 2. The third-order valence-corrected chi connectivity index (χ3v) is 2.72. The number of carbonyl (C=O) groups excluding carboxylic acids is 3. The van der Waals surface area contributed by atoms with E-state index in [-0.39, 0.29) is 11.5 Å². The number of imide groups is 3. The minimum absolute atomic E-state index is 0.273. The molecule has 3 amide bonds. The molecular weight excluding hydrogens is 230 g/mol. The summed E-state index contributed by atoms with van der Waals surface area (Å²) in [4.78, 5) is 36.3. The van der Waals surface area contributed by atoms with Crippen molar-refractivity contribution >= 4 is 23.3 Å². The quantitative estimate of drug-likeness (QED) is 0.742. The van der Waals surface area contributed by atoms with Gasteiger partial charge in [-0.2, -0.15) is 0 Å². The number of nitrogens with zero attached hydrogens (tertiary/aromatic N) is 1. The highest BCUT2D eigenvalue weighted by Crippen LogP contribution is 2.24. The van der Waals surface area contributed by atoms with Crippen molar-refractivity contribution < 1.29 is 14.4 Å². The molecule has 4 heteroatoms. The predicted octanol–water partition coefficient (Wildman–Crippen LogP) is 1.62. The molecule has 1 aliphatic rings. The lowest BCUT2D eigenvalue weighted by Crippen LogP contribution is -2.39. The molecule has 1 heterocycles. The molecule has 0 spiro atoms. The van der Waals surface area contributed by atoms with Crippen molar-refractivity contribution in [2.24, 2.45) is 5.92 Å². The number of amides is 3. The van der Waals surface area contributed by atoms with Crippen LogP contribution in [0.5, 0.6) is 0 Å². The molecule has 0 saturated heterocycles. The highest BCUT2D eigenvalue weighted by molar-refractivity contribution is 6.38. The maximum absolute atomic E-state index is 12.1. The van der Waals surface area contributed by atoms with Gasteiger partial charge in [0.05, 0.1) is 5.57 Å². The number of hydrogen-bond acceptors (Lipinski definition) is 3. The standard InChI is InChI=1S/C14H13NO3/c1-9(2)13(17)15-12(16)8-11(14(15)18)10-6-4-3-5-7-10/h3-9H,1-2H3. The molecule has 1 aromatic carbocycles. The van der Waals surface area contributed by atoms with Gasteiger partial charge in [-0.3, -0.25) is 14.4 Å². The minimum atomic E-state index is -0.558. The highest BCUT2D eigenvalue weighted by atomic mass is 16.2. The van der Waals surface area contributed by atoms with Gasteiger partial charge in [0.25, 0.3) is 11.8 Å². The lowest BCUT2D eigenvalue weighted by Gasteiger charge is -2.15. The molecule has 0 fully saturated rings. The number of hydrogen-bond donors (Lipinski definition) is 0. The Morgan fingerprint density at radius 3 is 2.28 bits per heavy atom. The summed E-state index contributed by atoms with van der Waals surface area (Å²) in [6.07, 6.45) is 1.22. The molecule has 92 valence electrons. The molecule has 0 atom stereocenters. The Morgan fingerprint density at radius 2 is 1.72 bits per heavy atom. The summed E-state index contributed by atoms with van der Waals surface area (Å²) < 4.78 is 0. The van der Waals surface area contributed by atoms with E-state index in [4.69, 9.17) is 0 Å². The topological polar surface area (TPSA) is 54.5 Å². The van der Waals surface area contributed by atoms with E-state index in [1.807, 2.05) is 6.07 Å². The summed E-state index contributed by atoms with van der Waals surface area (Å²) in [7, 11) is 0. The van der Waals surface area contributed by atoms with E-state index >= 15 is 0 Å². The first-order valence-corrected chi connectivity index (χ1v) is 5.71. The summed E-state index contributed by atoms with van der Waals surface area (Å²) in [5, 5.41) is 0. The Hall–Kier alpha value is -2.23. The first-order chi connectivity index (χ1) is 8.52. The van der Waals surface area contributed by atoms with Crippen molar-refractivity contribution in [3.05, 3.63) is 42.0 Å². The van der Waals surface area contributed by atoms with E-state index in [1.165, 1.54) is 6.08 Å². The van der Waals surface area contributed by atoms with Gasteiger partial charge in [-0.05, 0) is 5.56 Å². The van der Waals surface area contributed by atoms with Crippen LogP contribution in [0.2, 0.25) is 0 Å². The zero-order valence-electron chi connectivity index (χ0n) is 10.2. The maximum atomic E-state index is 12.1. The van der Waals surface area contributed by atoms with Gasteiger partial charge in [0.15, 0.2) is 0 Å². The van der Waals surface area contributed by atoms with Gasteiger partial charge >= 0.3 is 0 Å². The summed E-state index contributed by atoms with van der Waals surface area (Å²) in [6.45, 7) is 3.31. The Kier molecular flexibility index (Phi) is 3.10. The van der Waals surface area contributed by atoms with E-state index in [0.29, 0.717) is 10.5 Å². The molecule has 0 unspecified atom stereocenters. The molecule has 0 radical (unpaired) electrons. The van der Waals surface area contributed by atoms with Crippen molar-refractivity contribution in [2.75, 3.05) is 0 Å². The van der Waals surface area contributed by atoms with Crippen LogP contribution in [0.1, 0.15) is 19.4 Å². The van der Waals surface area contributed by atoms with Gasteiger partial charge < -0.3 is 0 Å². The molecule has 1 aliphatic heterocycles. The third-order valence-electron chi connectivity index (χ3n) is 2.72. The minimum Gasteiger partial charge on any atom is -0.274 e. The highest BCUT2D eigenvalue weighted by Gasteiger charge is 2.37. The summed E-state index contributed by atoms with van der Waals surface area (Å²) >= 11 is 0. The second-order valence-corrected chi connectivity index (χ2v) is 4.40. The summed E-state index contributed by atoms with van der Waals surface area (Å²) in [5.74, 6) is -1.95. The fraction of sp³-hybridized carbons (Fsp3) is 0.214. The van der Waals surface area contributed by atoms with Gasteiger partial charge in [0, 0.05) is 12.0 Å². The second-order valence-electron chi connectivity index (χ2n) is 4.40. The smallest absolute Gasteiger partial charge is 0.268 e. The van der Waals surface area contributed by atoms with Crippen LogP contribution < -0.4 is 0 Å². The largest absolute Gasteiger partial charge is 0.274 e. The van der Waals surface area contributed by atoms with Crippen molar-refractivity contribution in [1.82, 2.24) is 4.90 Å². The van der Waals surface area contributed by atoms with Crippen LogP contribution in [0.3, 0.4) is 0 Å². The monoisotopic (exact) mass is 243 g/mol. The van der Waals surface area contributed by atoms with Crippen LogP contribution in [0.15, 0.2) is 36.4 Å². The molecule has 0 N–H and O–H groups in total. The zero-order chi connectivity index (χ0) is 13.3. The first-order valence-electron chi connectivity index (χ1n) is 5.71. The Labute approximate surface area is 105 Å². The molecule has 1 aromatic rings. The van der Waals surface area contributed by atoms with Gasteiger partial charge in [0.2, 0.25) is 5.91 Å². The number of carbonyl (C=O) groups is 3. The zero-order valence-corrected chi connectivity index (χ0v) is 10.2. The number of benzene rings is 1. The third kappa shape index (κ3) is 1.97. The maximum Gasteiger partial charge on any atom is 0.268 e. The van der Waals surface area contributed by atoms with Crippen LogP contribution in [0.4, 0.5) is 0 Å². The fourth-order valence-corrected chi connectivity index (χ4v) is 1.76. The average molecular weight is 243 g/mol. The molecule has 18 heavy (non-hydrogen) atoms. The van der Waals surface area contributed by atoms with Crippen LogP contribution in [0.25, 0.3) is 5.57 Å². The second kappa shape index (κ2) is 4.56. The first kappa shape index (κ1) is 12.2. The van der Waals surface area contributed by atoms with E-state index in [2.05, 4.69) is 0 Å². The van der Waals surface area contributed by atoms with Crippen molar-refractivity contribution in [1.29, 1.82) is 0 Å². The summed E-state index contributed by atoms with van der Waals surface area (Å²) in [6, 6.07) is 8.85. The molecule has 0 aromatic heterocycles. The van der Waals surface area contributed by atoms with Crippen LogP contribution in [-0.4, -0.2) is 22.6 Å². The Balaban J connectivity index is 2.34. The molecular formula is C14H13NO3. The van der Waals surface area contributed by atoms with Gasteiger partial charge in [0.1, 0.15) is 0 Å². The van der Waals surface area contributed by atoms with Crippen LogP contribution in [-0.2, 0) is 14.4 Å². The van der Waals surface area contributed by atoms with Crippen molar-refractivity contribution in [3.63, 3.8) is 0 Å². The average Bonchev–Trinajstić information content (AvgIpc) is 2.65. The van der Waals surface area contributed by atoms with Gasteiger partial charge in [-0.15, -0.1) is 0 Å². The van der Waals surface area contributed by atoms with Gasteiger partial charge in [-0.25, -0.2) is 4.90 Å². The van der Waals surface area contributed by atoms with Gasteiger partial charge in [-0.1, -0.05) is 44.2 Å².